The molecule has 0 heterocycles. The third-order valence-corrected chi connectivity index (χ3v) is 17.6. The number of allylic oxidation sites excluding steroid dienone is 5. The van der Waals surface area contributed by atoms with Crippen LogP contribution in [-0.4, -0.2) is 47.4 Å². The lowest BCUT2D eigenvalue weighted by Gasteiger charge is -2.20. The minimum absolute atomic E-state index is 0.00733. The minimum Gasteiger partial charge on any atom is -0.466 e. The average Bonchev–Trinajstić information content (AvgIpc) is 3.49. The second kappa shape index (κ2) is 72.6. The lowest BCUT2D eigenvalue weighted by atomic mass is 10.0. The van der Waals surface area contributed by atoms with Gasteiger partial charge < -0.3 is 20.3 Å². The fraction of sp³-hybridized carbons (Fsp3) is 0.896. The van der Waals surface area contributed by atoms with Crippen molar-refractivity contribution >= 4 is 11.9 Å². The molecule has 1 amide bonds. The largest absolute Gasteiger partial charge is 0.466 e. The van der Waals surface area contributed by atoms with Crippen LogP contribution >= 0.6 is 0 Å². The molecule has 0 aliphatic heterocycles. The van der Waals surface area contributed by atoms with Crippen LogP contribution in [0.3, 0.4) is 0 Å². The highest BCUT2D eigenvalue weighted by molar-refractivity contribution is 5.76. The molecule has 0 rings (SSSR count). The number of hydrogen-bond acceptors (Lipinski definition) is 5. The van der Waals surface area contributed by atoms with Crippen LogP contribution in [0.1, 0.15) is 418 Å². The van der Waals surface area contributed by atoms with Gasteiger partial charge in [-0.15, -0.1) is 0 Å². The molecule has 2 unspecified atom stereocenters. The maximum atomic E-state index is 12.5. The monoisotopic (exact) mass is 1170 g/mol. The number of carbonyl (C=O) groups is 2. The Kier molecular flexibility index (Phi) is 70.9. The van der Waals surface area contributed by atoms with Gasteiger partial charge in [-0.25, -0.2) is 0 Å². The molecule has 0 aliphatic carbocycles. The number of aliphatic hydroxyl groups excluding tert-OH is 2. The van der Waals surface area contributed by atoms with Gasteiger partial charge in [-0.3, -0.25) is 9.59 Å². The summed E-state index contributed by atoms with van der Waals surface area (Å²) in [7, 11) is 0. The highest BCUT2D eigenvalue weighted by atomic mass is 16.5. The van der Waals surface area contributed by atoms with Gasteiger partial charge in [0, 0.05) is 12.8 Å². The fourth-order valence-corrected chi connectivity index (χ4v) is 11.9. The van der Waals surface area contributed by atoms with Gasteiger partial charge in [0.1, 0.15) is 0 Å². The van der Waals surface area contributed by atoms with Crippen molar-refractivity contribution in [2.45, 2.75) is 431 Å². The van der Waals surface area contributed by atoms with E-state index in [0.29, 0.717) is 19.4 Å². The molecule has 3 N–H and O–H groups in total. The zero-order chi connectivity index (χ0) is 59.9. The molecule has 6 nitrogen and oxygen atoms in total. The molecular formula is C77H147NO5. The van der Waals surface area contributed by atoms with Crippen LogP contribution < -0.4 is 5.32 Å². The van der Waals surface area contributed by atoms with Crippen LogP contribution in [-0.2, 0) is 14.3 Å². The van der Waals surface area contributed by atoms with Gasteiger partial charge in [0.25, 0.3) is 0 Å². The Morgan fingerprint density at radius 2 is 0.627 bits per heavy atom. The molecule has 2 atom stereocenters. The number of carbonyl (C=O) groups excluding carboxylic acids is 2. The van der Waals surface area contributed by atoms with E-state index in [2.05, 4.69) is 43.5 Å². The van der Waals surface area contributed by atoms with Crippen molar-refractivity contribution in [3.8, 4) is 0 Å². The average molecular weight is 1170 g/mol. The molecule has 83 heavy (non-hydrogen) atoms. The number of nitrogens with one attached hydrogen (secondary N) is 1. The molecule has 0 bridgehead atoms. The summed E-state index contributed by atoms with van der Waals surface area (Å²) in [6.07, 6.45) is 94.0. The number of aliphatic hydroxyl groups is 2. The highest BCUT2D eigenvalue weighted by Crippen LogP contribution is 2.19. The normalized spacial score (nSPS) is 12.7. The number of unbranched alkanes of at least 4 members (excludes halogenated alkanes) is 56. The Morgan fingerprint density at radius 1 is 0.337 bits per heavy atom. The molecule has 490 valence electrons. The van der Waals surface area contributed by atoms with Gasteiger partial charge >= 0.3 is 5.97 Å². The quantitative estimate of drug-likeness (QED) is 0.0320. The van der Waals surface area contributed by atoms with Gasteiger partial charge in [-0.2, -0.15) is 0 Å². The van der Waals surface area contributed by atoms with Crippen LogP contribution in [0.5, 0.6) is 0 Å². The summed E-state index contributed by atoms with van der Waals surface area (Å²) in [5.41, 5.74) is 0. The summed E-state index contributed by atoms with van der Waals surface area (Å²) in [6.45, 7) is 4.87. The molecular weight excluding hydrogens is 1020 g/mol. The van der Waals surface area contributed by atoms with E-state index in [4.69, 9.17) is 4.74 Å². The van der Waals surface area contributed by atoms with Crippen LogP contribution in [0.2, 0.25) is 0 Å². The standard InChI is InChI=1S/C77H147NO5/c1-3-5-7-9-11-13-15-17-18-19-39-42-46-49-53-57-61-65-69-75(80)74(73-79)78-76(81)70-66-62-58-54-50-47-43-40-37-35-33-31-29-27-25-23-21-20-22-24-26-28-30-32-34-36-38-41-44-48-52-56-60-64-68-72-83-77(82)71-67-63-59-55-51-45-16-14-12-10-8-6-4-2/h8,10,14,16,65,69,74-75,79-80H,3-7,9,11-13,15,17-64,66-68,70-73H2,1-2H3,(H,78,81)/b10-8-,16-14-,69-65+. The molecule has 0 aromatic heterocycles. The van der Waals surface area contributed by atoms with Crippen LogP contribution in [0, 0.1) is 0 Å². The van der Waals surface area contributed by atoms with Gasteiger partial charge in [-0.1, -0.05) is 384 Å². The second-order valence-electron chi connectivity index (χ2n) is 26.0. The van der Waals surface area contributed by atoms with E-state index in [1.807, 2.05) is 6.08 Å². The minimum atomic E-state index is -0.841. The molecule has 0 radical (unpaired) electrons. The number of ether oxygens (including phenoxy) is 1. The Balaban J connectivity index is 3.33. The van der Waals surface area contributed by atoms with Crippen molar-refractivity contribution in [2.75, 3.05) is 13.2 Å². The molecule has 0 fully saturated rings. The summed E-state index contributed by atoms with van der Waals surface area (Å²) < 4.78 is 5.48. The van der Waals surface area contributed by atoms with Crippen LogP contribution in [0.15, 0.2) is 36.5 Å². The summed E-state index contributed by atoms with van der Waals surface area (Å²) in [5.74, 6) is -0.0518. The maximum Gasteiger partial charge on any atom is 0.305 e. The van der Waals surface area contributed by atoms with Gasteiger partial charge in [-0.05, 0) is 57.8 Å². The maximum absolute atomic E-state index is 12.5. The van der Waals surface area contributed by atoms with E-state index >= 15 is 0 Å². The lowest BCUT2D eigenvalue weighted by Crippen LogP contribution is -2.45. The smallest absolute Gasteiger partial charge is 0.305 e. The number of amides is 1. The van der Waals surface area contributed by atoms with Crippen molar-refractivity contribution in [2.24, 2.45) is 0 Å². The SMILES string of the molecule is CCC/C=C\C/C=C\CCCCCCCC(=O)OCCCCCCCCCCCCCCCCCCCCCCCCCCCCCCCCCCCCCC(=O)NC(CO)C(O)/C=C/CCCCCCCCCCCCCCCCCC. The van der Waals surface area contributed by atoms with E-state index in [1.165, 1.54) is 340 Å². The van der Waals surface area contributed by atoms with E-state index < -0.39 is 12.1 Å². The number of esters is 1. The summed E-state index contributed by atoms with van der Waals surface area (Å²) >= 11 is 0. The van der Waals surface area contributed by atoms with E-state index in [-0.39, 0.29) is 18.5 Å². The Morgan fingerprint density at radius 3 is 0.964 bits per heavy atom. The fourth-order valence-electron chi connectivity index (χ4n) is 11.9. The second-order valence-corrected chi connectivity index (χ2v) is 26.0. The zero-order valence-corrected chi connectivity index (χ0v) is 56.2. The zero-order valence-electron chi connectivity index (χ0n) is 56.2. The van der Waals surface area contributed by atoms with Crippen molar-refractivity contribution in [3.63, 3.8) is 0 Å². The number of hydrogen-bond donors (Lipinski definition) is 3. The topological polar surface area (TPSA) is 95.9 Å². The van der Waals surface area contributed by atoms with E-state index in [9.17, 15) is 19.8 Å². The first kappa shape index (κ1) is 81.1. The molecule has 0 spiro atoms. The third kappa shape index (κ3) is 69.1. The molecule has 0 aromatic carbocycles. The summed E-state index contributed by atoms with van der Waals surface area (Å²) in [5, 5.41) is 23.2. The Bertz CT molecular complexity index is 1340. The van der Waals surface area contributed by atoms with Crippen molar-refractivity contribution in [1.29, 1.82) is 0 Å². The highest BCUT2D eigenvalue weighted by Gasteiger charge is 2.18. The molecule has 0 saturated carbocycles. The van der Waals surface area contributed by atoms with E-state index in [0.717, 1.165) is 51.4 Å². The molecule has 0 aromatic rings. The van der Waals surface area contributed by atoms with Crippen LogP contribution in [0.25, 0.3) is 0 Å². The van der Waals surface area contributed by atoms with Crippen LogP contribution in [0.4, 0.5) is 0 Å². The Hall–Kier alpha value is -1.92. The van der Waals surface area contributed by atoms with Gasteiger partial charge in [0.2, 0.25) is 5.91 Å². The third-order valence-electron chi connectivity index (χ3n) is 17.6. The van der Waals surface area contributed by atoms with Gasteiger partial charge in [0.05, 0.1) is 25.4 Å². The molecule has 0 aliphatic rings. The van der Waals surface area contributed by atoms with Crippen molar-refractivity contribution in [3.05, 3.63) is 36.5 Å². The lowest BCUT2D eigenvalue weighted by molar-refractivity contribution is -0.143. The number of rotatable bonds is 71. The Labute approximate surface area is 519 Å². The van der Waals surface area contributed by atoms with E-state index in [1.54, 1.807) is 6.08 Å². The predicted octanol–water partition coefficient (Wildman–Crippen LogP) is 24.7. The molecule has 6 heteroatoms. The first-order valence-electron chi connectivity index (χ1n) is 37.8. The first-order valence-corrected chi connectivity index (χ1v) is 37.8. The van der Waals surface area contributed by atoms with Gasteiger partial charge in [0.15, 0.2) is 0 Å². The van der Waals surface area contributed by atoms with Crippen molar-refractivity contribution in [1.82, 2.24) is 5.32 Å². The van der Waals surface area contributed by atoms with Crippen molar-refractivity contribution < 1.29 is 24.5 Å². The first-order chi connectivity index (χ1) is 41.0. The summed E-state index contributed by atoms with van der Waals surface area (Å²) in [6, 6.07) is -0.624. The predicted molar refractivity (Wildman–Crippen MR) is 366 cm³/mol. The molecule has 0 saturated heterocycles. The summed E-state index contributed by atoms with van der Waals surface area (Å²) in [4.78, 5) is 24.6.